The van der Waals surface area contributed by atoms with Crippen molar-refractivity contribution in [3.63, 3.8) is 0 Å². The summed E-state index contributed by atoms with van der Waals surface area (Å²) in [5.41, 5.74) is 2.55. The third kappa shape index (κ3) is 4.36. The number of fused-ring (bicyclic) bond motifs is 2. The lowest BCUT2D eigenvalue weighted by Gasteiger charge is -2.20. The number of pyridine rings is 1. The second-order valence-corrected chi connectivity index (χ2v) is 7.93. The van der Waals surface area contributed by atoms with Gasteiger partial charge >= 0.3 is 0 Å². The van der Waals surface area contributed by atoms with E-state index in [0.717, 1.165) is 49.3 Å². The molecule has 0 bridgehead atoms. The molecule has 8 heteroatoms. The highest BCUT2D eigenvalue weighted by Crippen LogP contribution is 2.17. The number of nitrogens with zero attached hydrogens (tertiary/aromatic N) is 5. The molecule has 2 aromatic heterocycles. The Bertz CT molecular complexity index is 1270. The quantitative estimate of drug-likeness (QED) is 0.527. The van der Waals surface area contributed by atoms with Crippen LogP contribution in [0.3, 0.4) is 0 Å². The number of carbonyl (C=O) groups is 1. The first-order valence-corrected chi connectivity index (χ1v) is 10.7. The van der Waals surface area contributed by atoms with Gasteiger partial charge in [0, 0.05) is 49.7 Å². The molecule has 0 saturated heterocycles. The van der Waals surface area contributed by atoms with Gasteiger partial charge in [-0.15, -0.1) is 10.2 Å². The number of halogens is 1. The van der Waals surface area contributed by atoms with Gasteiger partial charge < -0.3 is 9.88 Å². The van der Waals surface area contributed by atoms with E-state index in [2.05, 4.69) is 54.2 Å². The average molecular weight is 430 g/mol. The monoisotopic (exact) mass is 430 g/mol. The Morgan fingerprint density at radius 3 is 2.88 bits per heavy atom. The minimum absolute atomic E-state index is 0.250. The van der Waals surface area contributed by atoms with Crippen molar-refractivity contribution in [1.82, 2.24) is 30.0 Å². The molecular formula is C24H23FN6O. The van der Waals surface area contributed by atoms with Crippen molar-refractivity contribution in [2.75, 3.05) is 13.1 Å². The summed E-state index contributed by atoms with van der Waals surface area (Å²) in [6, 6.07) is 16.1. The van der Waals surface area contributed by atoms with Crippen LogP contribution in [0.15, 0.2) is 60.8 Å². The maximum absolute atomic E-state index is 13.4. The van der Waals surface area contributed by atoms with E-state index in [-0.39, 0.29) is 18.0 Å². The second kappa shape index (κ2) is 8.84. The number of benzene rings is 2. The van der Waals surface area contributed by atoms with Crippen LogP contribution in [-0.2, 0) is 26.1 Å². The molecule has 1 aliphatic heterocycles. The second-order valence-electron chi connectivity index (χ2n) is 7.93. The molecule has 1 amide bonds. The maximum atomic E-state index is 13.4. The zero-order chi connectivity index (χ0) is 21.9. The Balaban J connectivity index is 1.22. The van der Waals surface area contributed by atoms with Gasteiger partial charge in [-0.2, -0.15) is 0 Å². The molecule has 7 nitrogen and oxygen atoms in total. The van der Waals surface area contributed by atoms with Crippen molar-refractivity contribution in [2.45, 2.75) is 26.1 Å². The highest BCUT2D eigenvalue weighted by atomic mass is 19.1. The van der Waals surface area contributed by atoms with Crippen molar-refractivity contribution >= 4 is 16.8 Å². The molecule has 0 fully saturated rings. The first-order valence-electron chi connectivity index (χ1n) is 10.7. The molecule has 1 aliphatic rings. The highest BCUT2D eigenvalue weighted by Gasteiger charge is 2.19. The number of amides is 1. The van der Waals surface area contributed by atoms with E-state index in [1.807, 2.05) is 12.3 Å². The minimum atomic E-state index is -0.434. The van der Waals surface area contributed by atoms with E-state index in [1.54, 1.807) is 6.07 Å². The van der Waals surface area contributed by atoms with Gasteiger partial charge in [-0.05, 0) is 42.0 Å². The van der Waals surface area contributed by atoms with E-state index in [9.17, 15) is 9.18 Å². The van der Waals surface area contributed by atoms with Crippen LogP contribution in [0.25, 0.3) is 10.9 Å². The van der Waals surface area contributed by atoms with E-state index in [1.165, 1.54) is 23.8 Å². The van der Waals surface area contributed by atoms with Crippen molar-refractivity contribution in [3.05, 3.63) is 89.4 Å². The average Bonchev–Trinajstić information content (AvgIpc) is 3.09. The van der Waals surface area contributed by atoms with E-state index in [4.69, 9.17) is 0 Å². The van der Waals surface area contributed by atoms with Gasteiger partial charge in [0.15, 0.2) is 5.82 Å². The molecule has 0 aliphatic carbocycles. The zero-order valence-corrected chi connectivity index (χ0v) is 17.5. The van der Waals surface area contributed by atoms with Crippen LogP contribution in [0.5, 0.6) is 0 Å². The van der Waals surface area contributed by atoms with Crippen LogP contribution >= 0.6 is 0 Å². The van der Waals surface area contributed by atoms with Crippen molar-refractivity contribution in [2.24, 2.45) is 0 Å². The Labute approximate surface area is 184 Å². The summed E-state index contributed by atoms with van der Waals surface area (Å²) in [5, 5.41) is 12.6. The molecule has 0 spiro atoms. The van der Waals surface area contributed by atoms with E-state index >= 15 is 0 Å². The molecule has 0 unspecified atom stereocenters. The Morgan fingerprint density at radius 1 is 1.03 bits per heavy atom. The minimum Gasteiger partial charge on any atom is -0.345 e. The fourth-order valence-corrected chi connectivity index (χ4v) is 4.09. The van der Waals surface area contributed by atoms with Crippen molar-refractivity contribution in [1.29, 1.82) is 0 Å². The highest BCUT2D eigenvalue weighted by molar-refractivity contribution is 5.94. The van der Waals surface area contributed by atoms with Crippen LogP contribution in [0, 0.1) is 5.82 Å². The number of hydrogen-bond acceptors (Lipinski definition) is 5. The summed E-state index contributed by atoms with van der Waals surface area (Å²) in [4.78, 5) is 19.1. The summed E-state index contributed by atoms with van der Waals surface area (Å²) >= 11 is 0. The fourth-order valence-electron chi connectivity index (χ4n) is 4.09. The molecule has 0 atom stereocenters. The number of rotatable bonds is 5. The van der Waals surface area contributed by atoms with E-state index < -0.39 is 5.82 Å². The summed E-state index contributed by atoms with van der Waals surface area (Å²) in [6.45, 7) is 3.61. The topological polar surface area (TPSA) is 75.9 Å². The Kier molecular flexibility index (Phi) is 5.60. The maximum Gasteiger partial charge on any atom is 0.251 e. The number of carbonyl (C=O) groups excluding carboxylic acids is 1. The van der Waals surface area contributed by atoms with Gasteiger partial charge in [-0.25, -0.2) is 4.39 Å². The van der Waals surface area contributed by atoms with Gasteiger partial charge in [-0.3, -0.25) is 14.7 Å². The summed E-state index contributed by atoms with van der Waals surface area (Å²) in [6.07, 6.45) is 2.60. The van der Waals surface area contributed by atoms with Crippen molar-refractivity contribution < 1.29 is 9.18 Å². The number of aromatic nitrogens is 4. The van der Waals surface area contributed by atoms with Crippen molar-refractivity contribution in [3.8, 4) is 0 Å². The zero-order valence-electron chi connectivity index (χ0n) is 17.5. The molecule has 162 valence electrons. The van der Waals surface area contributed by atoms with Gasteiger partial charge in [0.1, 0.15) is 11.6 Å². The van der Waals surface area contributed by atoms with Gasteiger partial charge in [0.25, 0.3) is 5.91 Å². The van der Waals surface area contributed by atoms with Crippen LogP contribution < -0.4 is 5.32 Å². The Hall–Kier alpha value is -3.65. The molecule has 1 N–H and O–H groups in total. The third-order valence-electron chi connectivity index (χ3n) is 5.76. The largest absolute Gasteiger partial charge is 0.345 e. The Morgan fingerprint density at radius 2 is 1.97 bits per heavy atom. The summed E-state index contributed by atoms with van der Waals surface area (Å²) < 4.78 is 15.4. The molecule has 0 radical (unpaired) electrons. The number of nitrogens with one attached hydrogen (secondary N) is 1. The lowest BCUT2D eigenvalue weighted by Crippen LogP contribution is -2.28. The lowest BCUT2D eigenvalue weighted by atomic mass is 10.1. The van der Waals surface area contributed by atoms with Crippen LogP contribution in [-0.4, -0.2) is 43.6 Å². The summed E-state index contributed by atoms with van der Waals surface area (Å²) in [5.74, 6) is 0.869. The molecule has 5 rings (SSSR count). The van der Waals surface area contributed by atoms with Gasteiger partial charge in [0.05, 0.1) is 12.1 Å². The van der Waals surface area contributed by atoms with Crippen LogP contribution in [0.2, 0.25) is 0 Å². The third-order valence-corrected chi connectivity index (χ3v) is 5.76. The normalized spacial score (nSPS) is 14.2. The SMILES string of the molecule is O=C(NCc1nnc2n1CCN(Cc1ccc3ncccc3c1)CC2)c1cccc(F)c1. The molecule has 4 aromatic rings. The molecule has 3 heterocycles. The molecule has 32 heavy (non-hydrogen) atoms. The predicted molar refractivity (Wildman–Crippen MR) is 118 cm³/mol. The molecular weight excluding hydrogens is 407 g/mol. The van der Waals surface area contributed by atoms with Crippen LogP contribution in [0.1, 0.15) is 27.6 Å². The summed E-state index contributed by atoms with van der Waals surface area (Å²) in [7, 11) is 0. The first kappa shape index (κ1) is 20.3. The number of hydrogen-bond donors (Lipinski definition) is 1. The van der Waals surface area contributed by atoms with Gasteiger partial charge in [-0.1, -0.05) is 18.2 Å². The molecule has 2 aromatic carbocycles. The predicted octanol–water partition coefficient (Wildman–Crippen LogP) is 2.95. The van der Waals surface area contributed by atoms with Crippen LogP contribution in [0.4, 0.5) is 4.39 Å². The smallest absolute Gasteiger partial charge is 0.251 e. The van der Waals surface area contributed by atoms with Gasteiger partial charge in [0.2, 0.25) is 0 Å². The fraction of sp³-hybridized carbons (Fsp3) is 0.250. The first-order chi connectivity index (χ1) is 15.7. The molecule has 0 saturated carbocycles. The lowest BCUT2D eigenvalue weighted by molar-refractivity contribution is 0.0949. The standard InChI is InChI=1S/C24H23FN6O/c25-20-5-1-3-19(14-20)24(32)27-15-23-29-28-22-8-10-30(11-12-31(22)23)16-17-6-7-21-18(13-17)4-2-9-26-21/h1-7,9,13-14H,8,10-12,15-16H2,(H,27,32). The van der Waals surface area contributed by atoms with E-state index in [0.29, 0.717) is 5.82 Å².